The van der Waals surface area contributed by atoms with E-state index in [9.17, 15) is 5.11 Å². The Balaban J connectivity index is 2.33. The molecule has 2 heteroatoms. The third-order valence-electron chi connectivity index (χ3n) is 3.17. The predicted octanol–water partition coefficient (Wildman–Crippen LogP) is 1.74. The number of rotatable bonds is 3. The van der Waals surface area contributed by atoms with Gasteiger partial charge in [0.25, 0.3) is 0 Å². The molecule has 0 spiro atoms. The molecular formula is C11H23NO. The van der Waals surface area contributed by atoms with Crippen molar-refractivity contribution in [2.75, 3.05) is 19.6 Å². The zero-order valence-corrected chi connectivity index (χ0v) is 9.59. The van der Waals surface area contributed by atoms with Crippen molar-refractivity contribution >= 4 is 0 Å². The van der Waals surface area contributed by atoms with Crippen molar-refractivity contribution in [3.63, 3.8) is 0 Å². The third kappa shape index (κ3) is 2.68. The second-order valence-electron chi connectivity index (χ2n) is 5.77. The highest BCUT2D eigenvalue weighted by molar-refractivity contribution is 4.95. The monoisotopic (exact) mass is 185 g/mol. The summed E-state index contributed by atoms with van der Waals surface area (Å²) >= 11 is 0. The summed E-state index contributed by atoms with van der Waals surface area (Å²) < 4.78 is 0. The number of nitrogens with zero attached hydrogens (tertiary/aromatic N) is 1. The van der Waals surface area contributed by atoms with Crippen LogP contribution in [-0.2, 0) is 0 Å². The standard InChI is InChI=1S/C11H23NO/c1-9(2)11(5)7-12(8-11)6-10(3,4)13/h9,13H,6-8H2,1-5H3. The van der Waals surface area contributed by atoms with E-state index in [-0.39, 0.29) is 0 Å². The van der Waals surface area contributed by atoms with Gasteiger partial charge in [-0.25, -0.2) is 0 Å². The normalized spacial score (nSPS) is 23.3. The summed E-state index contributed by atoms with van der Waals surface area (Å²) in [5.74, 6) is 0.741. The van der Waals surface area contributed by atoms with E-state index in [0.29, 0.717) is 5.41 Å². The Labute approximate surface area is 81.9 Å². The van der Waals surface area contributed by atoms with Gasteiger partial charge in [-0.05, 0) is 25.2 Å². The summed E-state index contributed by atoms with van der Waals surface area (Å²) in [5.41, 5.74) is -0.0659. The molecule has 1 N–H and O–H groups in total. The Kier molecular flexibility index (Phi) is 2.75. The quantitative estimate of drug-likeness (QED) is 0.724. The van der Waals surface area contributed by atoms with E-state index in [4.69, 9.17) is 0 Å². The van der Waals surface area contributed by atoms with Crippen molar-refractivity contribution in [3.05, 3.63) is 0 Å². The number of hydrogen-bond donors (Lipinski definition) is 1. The van der Waals surface area contributed by atoms with Gasteiger partial charge >= 0.3 is 0 Å². The molecule has 1 heterocycles. The number of β-amino-alcohol motifs (C(OH)–C–C–N with tert-alkyl or cyclic N) is 1. The first-order valence-electron chi connectivity index (χ1n) is 5.18. The lowest BCUT2D eigenvalue weighted by Gasteiger charge is -2.52. The second kappa shape index (κ2) is 3.25. The molecule has 1 rings (SSSR count). The van der Waals surface area contributed by atoms with Crippen LogP contribution in [0.4, 0.5) is 0 Å². The van der Waals surface area contributed by atoms with Gasteiger partial charge in [-0.15, -0.1) is 0 Å². The maximum atomic E-state index is 9.62. The number of hydrogen-bond acceptors (Lipinski definition) is 2. The van der Waals surface area contributed by atoms with Crippen LogP contribution in [0.1, 0.15) is 34.6 Å². The van der Waals surface area contributed by atoms with Crippen LogP contribution >= 0.6 is 0 Å². The lowest BCUT2D eigenvalue weighted by atomic mass is 9.72. The van der Waals surface area contributed by atoms with E-state index in [1.165, 1.54) is 0 Å². The van der Waals surface area contributed by atoms with Gasteiger partial charge in [-0.2, -0.15) is 0 Å². The molecule has 13 heavy (non-hydrogen) atoms. The van der Waals surface area contributed by atoms with Crippen molar-refractivity contribution in [1.29, 1.82) is 0 Å². The summed E-state index contributed by atoms with van der Waals surface area (Å²) in [6.07, 6.45) is 0. The molecule has 0 bridgehead atoms. The van der Waals surface area contributed by atoms with Gasteiger partial charge < -0.3 is 5.11 Å². The van der Waals surface area contributed by atoms with Gasteiger partial charge in [0.15, 0.2) is 0 Å². The molecule has 1 aliphatic heterocycles. The Bertz CT molecular complexity index is 175. The molecule has 0 aromatic rings. The molecule has 0 aliphatic carbocycles. The smallest absolute Gasteiger partial charge is 0.0718 e. The third-order valence-corrected chi connectivity index (χ3v) is 3.17. The first kappa shape index (κ1) is 11.0. The topological polar surface area (TPSA) is 23.5 Å². The first-order valence-corrected chi connectivity index (χ1v) is 5.18. The van der Waals surface area contributed by atoms with Crippen LogP contribution in [0.25, 0.3) is 0 Å². The van der Waals surface area contributed by atoms with Crippen LogP contribution in [0.3, 0.4) is 0 Å². The molecule has 0 unspecified atom stereocenters. The molecule has 0 atom stereocenters. The fourth-order valence-corrected chi connectivity index (χ4v) is 2.00. The molecule has 0 aromatic heterocycles. The Morgan fingerprint density at radius 1 is 1.38 bits per heavy atom. The lowest BCUT2D eigenvalue weighted by Crippen LogP contribution is -2.60. The van der Waals surface area contributed by atoms with Crippen LogP contribution < -0.4 is 0 Å². The molecule has 78 valence electrons. The summed E-state index contributed by atoms with van der Waals surface area (Å²) in [6, 6.07) is 0. The highest BCUT2D eigenvalue weighted by atomic mass is 16.3. The van der Waals surface area contributed by atoms with Crippen LogP contribution in [0.2, 0.25) is 0 Å². The first-order chi connectivity index (χ1) is 5.73. The van der Waals surface area contributed by atoms with Crippen molar-refractivity contribution < 1.29 is 5.11 Å². The maximum absolute atomic E-state index is 9.62. The second-order valence-corrected chi connectivity index (χ2v) is 5.77. The highest BCUT2D eigenvalue weighted by Crippen LogP contribution is 2.37. The van der Waals surface area contributed by atoms with Crippen molar-refractivity contribution in [1.82, 2.24) is 4.90 Å². The molecule has 1 fully saturated rings. The van der Waals surface area contributed by atoms with Crippen molar-refractivity contribution in [2.45, 2.75) is 40.2 Å². The summed E-state index contributed by atoms with van der Waals surface area (Å²) in [7, 11) is 0. The van der Waals surface area contributed by atoms with Crippen molar-refractivity contribution in [3.8, 4) is 0 Å². The number of aliphatic hydroxyl groups is 1. The molecular weight excluding hydrogens is 162 g/mol. The maximum Gasteiger partial charge on any atom is 0.0718 e. The van der Waals surface area contributed by atoms with Gasteiger partial charge in [-0.1, -0.05) is 20.8 Å². The van der Waals surface area contributed by atoms with E-state index < -0.39 is 5.60 Å². The van der Waals surface area contributed by atoms with Gasteiger partial charge in [0.05, 0.1) is 5.60 Å². The lowest BCUT2D eigenvalue weighted by molar-refractivity contribution is -0.0660. The van der Waals surface area contributed by atoms with E-state index in [1.807, 2.05) is 13.8 Å². The zero-order valence-electron chi connectivity index (χ0n) is 9.59. The minimum Gasteiger partial charge on any atom is -0.389 e. The Morgan fingerprint density at radius 2 is 1.85 bits per heavy atom. The predicted molar refractivity (Wildman–Crippen MR) is 55.7 cm³/mol. The molecule has 0 saturated carbocycles. The SMILES string of the molecule is CC(C)C1(C)CN(CC(C)(C)O)C1. The van der Waals surface area contributed by atoms with Gasteiger partial charge in [0.2, 0.25) is 0 Å². The van der Waals surface area contributed by atoms with Gasteiger partial charge in [-0.3, -0.25) is 4.90 Å². The van der Waals surface area contributed by atoms with E-state index in [2.05, 4.69) is 25.7 Å². The number of likely N-dealkylation sites (tertiary alicyclic amines) is 1. The van der Waals surface area contributed by atoms with Crippen LogP contribution in [0.5, 0.6) is 0 Å². The van der Waals surface area contributed by atoms with Gasteiger partial charge in [0, 0.05) is 19.6 Å². The van der Waals surface area contributed by atoms with Crippen LogP contribution in [-0.4, -0.2) is 35.2 Å². The molecule has 0 radical (unpaired) electrons. The van der Waals surface area contributed by atoms with E-state index in [1.54, 1.807) is 0 Å². The fourth-order valence-electron chi connectivity index (χ4n) is 2.00. The molecule has 0 aromatic carbocycles. The van der Waals surface area contributed by atoms with Crippen LogP contribution in [0, 0.1) is 11.3 Å². The molecule has 0 amide bonds. The Hall–Kier alpha value is -0.0800. The highest BCUT2D eigenvalue weighted by Gasteiger charge is 2.42. The molecule has 2 nitrogen and oxygen atoms in total. The molecule has 1 aliphatic rings. The van der Waals surface area contributed by atoms with E-state index in [0.717, 1.165) is 25.6 Å². The average molecular weight is 185 g/mol. The Morgan fingerprint density at radius 3 is 2.15 bits per heavy atom. The molecule has 1 saturated heterocycles. The van der Waals surface area contributed by atoms with E-state index >= 15 is 0 Å². The van der Waals surface area contributed by atoms with Crippen LogP contribution in [0.15, 0.2) is 0 Å². The fraction of sp³-hybridized carbons (Fsp3) is 1.00. The summed E-state index contributed by atoms with van der Waals surface area (Å²) in [5, 5.41) is 9.62. The largest absolute Gasteiger partial charge is 0.389 e. The zero-order chi connectivity index (χ0) is 10.3. The minimum atomic E-state index is -0.543. The summed E-state index contributed by atoms with van der Waals surface area (Å²) in [4.78, 5) is 2.33. The van der Waals surface area contributed by atoms with Crippen molar-refractivity contribution in [2.24, 2.45) is 11.3 Å². The average Bonchev–Trinajstić information content (AvgIpc) is 1.79. The van der Waals surface area contributed by atoms with Gasteiger partial charge in [0.1, 0.15) is 0 Å². The minimum absolute atomic E-state index is 0.477. The summed E-state index contributed by atoms with van der Waals surface area (Å²) in [6.45, 7) is 13.7.